The molecule has 0 saturated carbocycles. The van der Waals surface area contributed by atoms with Crippen LogP contribution in [0.1, 0.15) is 18.6 Å². The average Bonchev–Trinajstić information content (AvgIpc) is 3.10. The van der Waals surface area contributed by atoms with E-state index >= 15 is 0 Å². The molecule has 0 atom stereocenters. The Morgan fingerprint density at radius 1 is 1.17 bits per heavy atom. The van der Waals surface area contributed by atoms with Crippen molar-refractivity contribution in [3.63, 3.8) is 0 Å². The summed E-state index contributed by atoms with van der Waals surface area (Å²) in [7, 11) is 2.15. The number of para-hydroxylation sites is 2. The van der Waals surface area contributed by atoms with Gasteiger partial charge in [-0.2, -0.15) is 0 Å². The second-order valence-corrected chi connectivity index (χ2v) is 6.11. The number of nitrogens with one attached hydrogen (secondary N) is 2. The first kappa shape index (κ1) is 16.3. The van der Waals surface area contributed by atoms with E-state index in [1.54, 1.807) is 24.5 Å². The van der Waals surface area contributed by atoms with Crippen LogP contribution in [0.25, 0.3) is 6.08 Å². The van der Waals surface area contributed by atoms with Crippen LogP contribution in [-0.4, -0.2) is 37.0 Å². The number of furan rings is 1. The van der Waals surface area contributed by atoms with E-state index in [2.05, 4.69) is 22.6 Å². The van der Waals surface area contributed by atoms with E-state index in [4.69, 9.17) is 4.42 Å². The maximum absolute atomic E-state index is 12.1. The van der Waals surface area contributed by atoms with E-state index in [0.717, 1.165) is 37.3 Å². The van der Waals surface area contributed by atoms with Gasteiger partial charge in [0, 0.05) is 12.1 Å². The standard InChI is InChI=1S/C19H23N3O2/c1-22-12-10-15(11-13-22)20-17-6-2-3-7-18(17)21-19(23)9-8-16-5-4-14-24-16/h2-9,14-15,20H,10-13H2,1H3,(H,21,23). The van der Waals surface area contributed by atoms with Gasteiger partial charge in [-0.1, -0.05) is 12.1 Å². The molecule has 2 aromatic rings. The van der Waals surface area contributed by atoms with E-state index in [1.807, 2.05) is 24.3 Å². The molecule has 1 fully saturated rings. The lowest BCUT2D eigenvalue weighted by Gasteiger charge is -2.30. The number of nitrogens with zero attached hydrogens (tertiary/aromatic N) is 1. The molecule has 2 heterocycles. The van der Waals surface area contributed by atoms with Crippen LogP contribution in [0.15, 0.2) is 53.2 Å². The molecule has 0 aliphatic carbocycles. The zero-order valence-corrected chi connectivity index (χ0v) is 13.9. The number of piperidine rings is 1. The third kappa shape index (κ3) is 4.49. The molecule has 1 aliphatic rings. The molecule has 126 valence electrons. The van der Waals surface area contributed by atoms with Gasteiger partial charge in [0.15, 0.2) is 0 Å². The summed E-state index contributed by atoms with van der Waals surface area (Å²) < 4.78 is 5.18. The normalized spacial score (nSPS) is 16.4. The molecule has 0 spiro atoms. The van der Waals surface area contributed by atoms with Crippen molar-refractivity contribution in [3.8, 4) is 0 Å². The monoisotopic (exact) mass is 325 g/mol. The Morgan fingerprint density at radius 2 is 1.92 bits per heavy atom. The van der Waals surface area contributed by atoms with E-state index < -0.39 is 0 Å². The summed E-state index contributed by atoms with van der Waals surface area (Å²) in [6.45, 7) is 2.19. The topological polar surface area (TPSA) is 57.5 Å². The summed E-state index contributed by atoms with van der Waals surface area (Å²) in [5, 5.41) is 6.49. The molecular formula is C19H23N3O2. The smallest absolute Gasteiger partial charge is 0.248 e. The van der Waals surface area contributed by atoms with Crippen molar-refractivity contribution < 1.29 is 9.21 Å². The van der Waals surface area contributed by atoms with Crippen LogP contribution in [0.3, 0.4) is 0 Å². The second-order valence-electron chi connectivity index (χ2n) is 6.11. The van der Waals surface area contributed by atoms with Crippen molar-refractivity contribution in [2.75, 3.05) is 30.8 Å². The van der Waals surface area contributed by atoms with Crippen molar-refractivity contribution in [1.29, 1.82) is 0 Å². The van der Waals surface area contributed by atoms with Gasteiger partial charge in [-0.05, 0) is 63.3 Å². The Kier molecular flexibility index (Phi) is 5.33. The highest BCUT2D eigenvalue weighted by molar-refractivity contribution is 6.03. The number of amides is 1. The molecule has 0 radical (unpaired) electrons. The Hall–Kier alpha value is -2.53. The van der Waals surface area contributed by atoms with Crippen molar-refractivity contribution in [1.82, 2.24) is 4.90 Å². The van der Waals surface area contributed by atoms with Crippen molar-refractivity contribution in [3.05, 3.63) is 54.5 Å². The van der Waals surface area contributed by atoms with Crippen molar-refractivity contribution in [2.24, 2.45) is 0 Å². The van der Waals surface area contributed by atoms with Crippen LogP contribution < -0.4 is 10.6 Å². The lowest BCUT2D eigenvalue weighted by atomic mass is 10.0. The van der Waals surface area contributed by atoms with Crippen LogP contribution in [0, 0.1) is 0 Å². The van der Waals surface area contributed by atoms with Gasteiger partial charge >= 0.3 is 0 Å². The summed E-state index contributed by atoms with van der Waals surface area (Å²) in [4.78, 5) is 14.5. The first-order valence-electron chi connectivity index (χ1n) is 8.27. The SMILES string of the molecule is CN1CCC(Nc2ccccc2NC(=O)C=Cc2ccco2)CC1. The molecule has 24 heavy (non-hydrogen) atoms. The summed E-state index contributed by atoms with van der Waals surface area (Å²) in [6.07, 6.45) is 6.93. The Morgan fingerprint density at radius 3 is 2.62 bits per heavy atom. The molecule has 1 aliphatic heterocycles. The highest BCUT2D eigenvalue weighted by Gasteiger charge is 2.17. The quantitative estimate of drug-likeness (QED) is 0.827. The molecule has 2 N–H and O–H groups in total. The third-order valence-electron chi connectivity index (χ3n) is 4.21. The summed E-state index contributed by atoms with van der Waals surface area (Å²) >= 11 is 0. The molecule has 5 nitrogen and oxygen atoms in total. The van der Waals surface area contributed by atoms with E-state index in [0.29, 0.717) is 11.8 Å². The minimum absolute atomic E-state index is 0.177. The van der Waals surface area contributed by atoms with Gasteiger partial charge in [-0.3, -0.25) is 4.79 Å². The van der Waals surface area contributed by atoms with Gasteiger partial charge < -0.3 is 20.0 Å². The van der Waals surface area contributed by atoms with Gasteiger partial charge in [-0.25, -0.2) is 0 Å². The maximum Gasteiger partial charge on any atom is 0.248 e. The molecule has 1 amide bonds. The Labute approximate surface area is 142 Å². The van der Waals surface area contributed by atoms with Crippen LogP contribution in [0.4, 0.5) is 11.4 Å². The van der Waals surface area contributed by atoms with Gasteiger partial charge in [0.25, 0.3) is 0 Å². The Balaban J connectivity index is 1.62. The largest absolute Gasteiger partial charge is 0.465 e. The Bertz CT molecular complexity index is 686. The average molecular weight is 325 g/mol. The highest BCUT2D eigenvalue weighted by Crippen LogP contribution is 2.24. The number of hydrogen-bond acceptors (Lipinski definition) is 4. The number of anilines is 2. The number of likely N-dealkylation sites (tertiary alicyclic amines) is 1. The van der Waals surface area contributed by atoms with Crippen LogP contribution in [-0.2, 0) is 4.79 Å². The zero-order valence-electron chi connectivity index (χ0n) is 13.9. The lowest BCUT2D eigenvalue weighted by Crippen LogP contribution is -2.36. The molecule has 0 unspecified atom stereocenters. The molecular weight excluding hydrogens is 302 g/mol. The summed E-state index contributed by atoms with van der Waals surface area (Å²) in [5.41, 5.74) is 1.76. The number of hydrogen-bond donors (Lipinski definition) is 2. The van der Waals surface area contributed by atoms with E-state index in [-0.39, 0.29) is 5.91 Å². The van der Waals surface area contributed by atoms with Gasteiger partial charge in [0.1, 0.15) is 5.76 Å². The minimum Gasteiger partial charge on any atom is -0.465 e. The van der Waals surface area contributed by atoms with Crippen molar-refractivity contribution in [2.45, 2.75) is 18.9 Å². The van der Waals surface area contributed by atoms with Crippen LogP contribution in [0.5, 0.6) is 0 Å². The zero-order chi connectivity index (χ0) is 16.8. The third-order valence-corrected chi connectivity index (χ3v) is 4.21. The first-order valence-corrected chi connectivity index (χ1v) is 8.27. The number of rotatable bonds is 5. The fourth-order valence-electron chi connectivity index (χ4n) is 2.81. The predicted molar refractivity (Wildman–Crippen MR) is 97.0 cm³/mol. The van der Waals surface area contributed by atoms with Gasteiger partial charge in [0.05, 0.1) is 17.6 Å². The molecule has 0 bridgehead atoms. The fraction of sp³-hybridized carbons (Fsp3) is 0.316. The maximum atomic E-state index is 12.1. The van der Waals surface area contributed by atoms with Crippen molar-refractivity contribution >= 4 is 23.4 Å². The first-order chi connectivity index (χ1) is 11.7. The predicted octanol–water partition coefficient (Wildman–Crippen LogP) is 3.44. The van der Waals surface area contributed by atoms with Crippen LogP contribution in [0.2, 0.25) is 0 Å². The van der Waals surface area contributed by atoms with Gasteiger partial charge in [-0.15, -0.1) is 0 Å². The molecule has 3 rings (SSSR count). The number of carbonyl (C=O) groups excluding carboxylic acids is 1. The number of benzene rings is 1. The fourth-order valence-corrected chi connectivity index (χ4v) is 2.81. The summed E-state index contributed by atoms with van der Waals surface area (Å²) in [5.74, 6) is 0.479. The van der Waals surface area contributed by atoms with Gasteiger partial charge in [0.2, 0.25) is 5.91 Å². The van der Waals surface area contributed by atoms with E-state index in [9.17, 15) is 4.79 Å². The highest BCUT2D eigenvalue weighted by atomic mass is 16.3. The molecule has 1 aromatic carbocycles. The molecule has 5 heteroatoms. The second kappa shape index (κ2) is 7.84. The van der Waals surface area contributed by atoms with E-state index in [1.165, 1.54) is 6.08 Å². The molecule has 1 aromatic heterocycles. The lowest BCUT2D eigenvalue weighted by molar-refractivity contribution is -0.111. The summed E-state index contributed by atoms with van der Waals surface area (Å²) in [6, 6.07) is 11.9. The molecule has 1 saturated heterocycles. The van der Waals surface area contributed by atoms with Crippen LogP contribution >= 0.6 is 0 Å². The number of carbonyl (C=O) groups is 1. The minimum atomic E-state index is -0.177.